The topological polar surface area (TPSA) is 181 Å². The van der Waals surface area contributed by atoms with Crippen LogP contribution in [0.1, 0.15) is 42.6 Å². The number of rotatable bonds is 14. The molecule has 14 nitrogen and oxygen atoms in total. The lowest BCUT2D eigenvalue weighted by molar-refractivity contribution is -0.154. The standard InChI is InChI=1S/C36H35ClF3N9O5S/c1-34(2,18-42-28(51)29(52)45-33-44-25-16-24(53-3)12-13-26(25)55-33)17-41-27(50)20-4-10-23(11-5-20)43-30-46-31(48-32(47-30)54-19-36(38,39)40)49-35(14-15-35)21-6-8-22(37)9-7-21/h4-13,16H,14-15,17-19H2,1-3H3,(H,41,50)(H,42,51)(H,44,45,52)(H2,43,46,47,48,49). The second-order valence-electron chi connectivity index (χ2n) is 13.4. The number of methoxy groups -OCH3 is 1. The van der Waals surface area contributed by atoms with Crippen molar-refractivity contribution in [3.8, 4) is 11.8 Å². The lowest BCUT2D eigenvalue weighted by Gasteiger charge is -2.25. The number of benzene rings is 3. The maximum absolute atomic E-state index is 13.0. The van der Waals surface area contributed by atoms with E-state index in [1.54, 1.807) is 42.5 Å². The normalized spacial score (nSPS) is 13.4. The third-order valence-corrected chi connectivity index (χ3v) is 9.56. The van der Waals surface area contributed by atoms with Crippen LogP contribution in [0.2, 0.25) is 5.02 Å². The molecule has 0 radical (unpaired) electrons. The van der Waals surface area contributed by atoms with E-state index in [-0.39, 0.29) is 30.1 Å². The summed E-state index contributed by atoms with van der Waals surface area (Å²) < 4.78 is 49.7. The van der Waals surface area contributed by atoms with Crippen molar-refractivity contribution in [2.75, 3.05) is 42.8 Å². The number of hydrogen-bond acceptors (Lipinski definition) is 12. The van der Waals surface area contributed by atoms with Crippen molar-refractivity contribution in [2.24, 2.45) is 5.41 Å². The summed E-state index contributed by atoms with van der Waals surface area (Å²) >= 11 is 7.26. The molecular formula is C36H35ClF3N9O5S. The number of fused-ring (bicyclic) bond motifs is 1. The molecule has 0 aliphatic heterocycles. The highest BCUT2D eigenvalue weighted by Crippen LogP contribution is 2.48. The van der Waals surface area contributed by atoms with Crippen LogP contribution in [-0.2, 0) is 15.1 Å². The van der Waals surface area contributed by atoms with Crippen molar-refractivity contribution in [3.63, 3.8) is 0 Å². The third kappa shape index (κ3) is 10.5. The van der Waals surface area contributed by atoms with Crippen LogP contribution in [0, 0.1) is 5.41 Å². The van der Waals surface area contributed by atoms with Crippen LogP contribution in [0.4, 0.5) is 35.9 Å². The molecule has 0 unspecified atom stereocenters. The number of carbonyl (C=O) groups is 3. The number of nitrogens with zero attached hydrogens (tertiary/aromatic N) is 4. The second-order valence-corrected chi connectivity index (χ2v) is 14.9. The van der Waals surface area contributed by atoms with Gasteiger partial charge in [0.15, 0.2) is 11.7 Å². The largest absolute Gasteiger partial charge is 0.497 e. The number of alkyl halides is 3. The van der Waals surface area contributed by atoms with E-state index >= 15 is 0 Å². The minimum atomic E-state index is -4.61. The fourth-order valence-electron chi connectivity index (χ4n) is 5.23. The first-order valence-electron chi connectivity index (χ1n) is 16.8. The number of thiazole rings is 1. The van der Waals surface area contributed by atoms with Gasteiger partial charge in [0.2, 0.25) is 11.9 Å². The molecule has 5 aromatic rings. The van der Waals surface area contributed by atoms with Crippen molar-refractivity contribution < 1.29 is 37.0 Å². The number of aromatic nitrogens is 4. The molecule has 1 fully saturated rings. The molecule has 1 aliphatic carbocycles. The van der Waals surface area contributed by atoms with Gasteiger partial charge in [-0.15, -0.1) is 0 Å². The average Bonchev–Trinajstić information content (AvgIpc) is 3.81. The van der Waals surface area contributed by atoms with Crippen molar-refractivity contribution >= 4 is 73.6 Å². The molecule has 0 saturated heterocycles. The summed E-state index contributed by atoms with van der Waals surface area (Å²) in [5.41, 5.74) is 1.12. The number of halogens is 4. The number of hydrogen-bond donors (Lipinski definition) is 5. The van der Waals surface area contributed by atoms with Gasteiger partial charge in [-0.05, 0) is 72.4 Å². The van der Waals surface area contributed by atoms with Crippen molar-refractivity contribution in [2.45, 2.75) is 38.4 Å². The Labute approximate surface area is 321 Å². The van der Waals surface area contributed by atoms with Crippen LogP contribution >= 0.6 is 22.9 Å². The Morgan fingerprint density at radius 1 is 0.873 bits per heavy atom. The molecule has 5 N–H and O–H groups in total. The van der Waals surface area contributed by atoms with Gasteiger partial charge in [-0.2, -0.15) is 28.1 Å². The number of amides is 3. The van der Waals surface area contributed by atoms with E-state index in [1.807, 2.05) is 26.0 Å². The molecule has 3 amide bonds. The molecular weight excluding hydrogens is 763 g/mol. The Bertz CT molecular complexity index is 2200. The summed E-state index contributed by atoms with van der Waals surface area (Å²) in [7, 11) is 1.54. The van der Waals surface area contributed by atoms with E-state index in [0.29, 0.717) is 27.5 Å². The quantitative estimate of drug-likeness (QED) is 0.0781. The van der Waals surface area contributed by atoms with E-state index in [2.05, 4.69) is 46.5 Å². The van der Waals surface area contributed by atoms with Crippen molar-refractivity contribution in [1.29, 1.82) is 0 Å². The van der Waals surface area contributed by atoms with E-state index in [4.69, 9.17) is 21.1 Å². The molecule has 6 rings (SSSR count). The maximum atomic E-state index is 13.0. The summed E-state index contributed by atoms with van der Waals surface area (Å²) in [6.07, 6.45) is -3.15. The molecule has 1 aliphatic rings. The summed E-state index contributed by atoms with van der Waals surface area (Å²) in [6, 6.07) is 18.2. The van der Waals surface area contributed by atoms with Gasteiger partial charge in [-0.3, -0.25) is 19.7 Å². The molecule has 3 aromatic carbocycles. The van der Waals surface area contributed by atoms with Gasteiger partial charge in [0.25, 0.3) is 5.91 Å². The smallest absolute Gasteiger partial charge is 0.422 e. The number of ether oxygens (including phenoxy) is 2. The van der Waals surface area contributed by atoms with Crippen LogP contribution in [0.3, 0.4) is 0 Å². The Morgan fingerprint density at radius 2 is 1.56 bits per heavy atom. The molecule has 0 spiro atoms. The maximum Gasteiger partial charge on any atom is 0.422 e. The van der Waals surface area contributed by atoms with E-state index in [1.165, 1.54) is 30.6 Å². The number of anilines is 4. The highest BCUT2D eigenvalue weighted by molar-refractivity contribution is 7.22. The molecule has 55 heavy (non-hydrogen) atoms. The average molecular weight is 798 g/mol. The Balaban J connectivity index is 1.02. The highest BCUT2D eigenvalue weighted by atomic mass is 35.5. The van der Waals surface area contributed by atoms with E-state index in [9.17, 15) is 27.6 Å². The van der Waals surface area contributed by atoms with Gasteiger partial charge in [0, 0.05) is 35.4 Å². The zero-order valence-electron chi connectivity index (χ0n) is 29.6. The van der Waals surface area contributed by atoms with Gasteiger partial charge in [-0.25, -0.2) is 4.98 Å². The predicted octanol–water partition coefficient (Wildman–Crippen LogP) is 6.44. The summed E-state index contributed by atoms with van der Waals surface area (Å²) in [5.74, 6) is -1.59. The molecule has 2 aromatic heterocycles. The Hall–Kier alpha value is -5.75. The number of carbonyl (C=O) groups excluding carboxylic acids is 3. The lowest BCUT2D eigenvalue weighted by Crippen LogP contribution is -2.44. The van der Waals surface area contributed by atoms with Gasteiger partial charge < -0.3 is 30.7 Å². The first-order chi connectivity index (χ1) is 26.1. The van der Waals surface area contributed by atoms with Gasteiger partial charge in [-0.1, -0.05) is 48.9 Å². The van der Waals surface area contributed by atoms with E-state index < -0.39 is 47.5 Å². The first-order valence-corrected chi connectivity index (χ1v) is 18.0. The summed E-state index contributed by atoms with van der Waals surface area (Å²) in [6.45, 7) is 2.26. The lowest BCUT2D eigenvalue weighted by atomic mass is 9.93. The van der Waals surface area contributed by atoms with Gasteiger partial charge in [0.1, 0.15) is 5.75 Å². The Morgan fingerprint density at radius 3 is 2.24 bits per heavy atom. The highest BCUT2D eigenvalue weighted by Gasteiger charge is 2.45. The number of nitrogens with one attached hydrogen (secondary N) is 5. The monoisotopic (exact) mass is 797 g/mol. The molecule has 19 heteroatoms. The minimum absolute atomic E-state index is 0.00660. The molecule has 288 valence electrons. The van der Waals surface area contributed by atoms with Crippen LogP contribution < -0.4 is 36.1 Å². The second kappa shape index (κ2) is 15.9. The molecule has 0 bridgehead atoms. The van der Waals surface area contributed by atoms with Crippen LogP contribution in [0.15, 0.2) is 66.7 Å². The molecule has 1 saturated carbocycles. The summed E-state index contributed by atoms with van der Waals surface area (Å²) in [4.78, 5) is 54.8. The van der Waals surface area contributed by atoms with Crippen LogP contribution in [-0.4, -0.2) is 70.6 Å². The zero-order valence-corrected chi connectivity index (χ0v) is 31.2. The fraction of sp³-hybridized carbons (Fsp3) is 0.306. The van der Waals surface area contributed by atoms with Crippen LogP contribution in [0.5, 0.6) is 11.8 Å². The SMILES string of the molecule is COc1ccc2sc(NC(=O)C(=O)NCC(C)(C)CNC(=O)c3ccc(Nc4nc(NC5(c6ccc(Cl)cc6)CC5)nc(OCC(F)(F)F)n4)cc3)nc2c1. The van der Waals surface area contributed by atoms with Crippen molar-refractivity contribution in [1.82, 2.24) is 30.6 Å². The first kappa shape index (κ1) is 39.0. The van der Waals surface area contributed by atoms with Crippen molar-refractivity contribution in [3.05, 3.63) is 82.9 Å². The van der Waals surface area contributed by atoms with E-state index in [0.717, 1.165) is 23.1 Å². The Kier molecular flexibility index (Phi) is 11.3. The van der Waals surface area contributed by atoms with Gasteiger partial charge >= 0.3 is 24.0 Å². The summed E-state index contributed by atoms with van der Waals surface area (Å²) in [5, 5.41) is 14.9. The molecule has 0 atom stereocenters. The predicted molar refractivity (Wildman–Crippen MR) is 201 cm³/mol. The fourth-order valence-corrected chi connectivity index (χ4v) is 6.20. The molecule has 2 heterocycles. The zero-order chi connectivity index (χ0) is 39.4. The van der Waals surface area contributed by atoms with Crippen LogP contribution in [0.25, 0.3) is 10.2 Å². The van der Waals surface area contributed by atoms with Gasteiger partial charge in [0.05, 0.1) is 22.9 Å². The third-order valence-electron chi connectivity index (χ3n) is 8.36. The minimum Gasteiger partial charge on any atom is -0.497 e.